The van der Waals surface area contributed by atoms with E-state index in [4.69, 9.17) is 30.5 Å². The van der Waals surface area contributed by atoms with Crippen LogP contribution >= 0.6 is 11.6 Å². The highest BCUT2D eigenvalue weighted by Crippen LogP contribution is 2.37. The highest BCUT2D eigenvalue weighted by Gasteiger charge is 2.42. The summed E-state index contributed by atoms with van der Waals surface area (Å²) in [6.45, 7) is 8.93. The second kappa shape index (κ2) is 11.0. The molecule has 3 rings (SSSR count). The summed E-state index contributed by atoms with van der Waals surface area (Å²) in [6.07, 6.45) is -1.01. The number of aliphatic hydroxyl groups is 1. The minimum absolute atomic E-state index is 0.0154. The zero-order chi connectivity index (χ0) is 26.7. The first kappa shape index (κ1) is 27.6. The Morgan fingerprint density at radius 3 is 2.56 bits per heavy atom. The van der Waals surface area contributed by atoms with Gasteiger partial charge in [-0.15, -0.1) is 0 Å². The monoisotopic (exact) mass is 519 g/mol. The van der Waals surface area contributed by atoms with Crippen molar-refractivity contribution in [3.63, 3.8) is 0 Å². The van der Waals surface area contributed by atoms with E-state index in [1.165, 1.54) is 12.0 Å². The summed E-state index contributed by atoms with van der Waals surface area (Å²) in [6, 6.07) is 12.0. The second-order valence-corrected chi connectivity index (χ2v) is 10.6. The molecule has 2 aromatic carbocycles. The fraction of sp³-hybridized carbons (Fsp3) is 0.481. The molecule has 1 amide bonds. The highest BCUT2D eigenvalue weighted by atomic mass is 35.5. The van der Waals surface area contributed by atoms with Crippen LogP contribution in [-0.4, -0.2) is 59.6 Å². The average Bonchev–Trinajstić information content (AvgIpc) is 2.80. The van der Waals surface area contributed by atoms with Crippen LogP contribution in [0.25, 0.3) is 0 Å². The molecule has 9 heteroatoms. The Hall–Kier alpha value is -2.97. The Morgan fingerprint density at radius 1 is 1.19 bits per heavy atom. The van der Waals surface area contributed by atoms with Crippen molar-refractivity contribution in [3.8, 4) is 11.5 Å². The van der Waals surface area contributed by atoms with Crippen molar-refractivity contribution in [1.29, 1.82) is 0 Å². The molecule has 1 aliphatic heterocycles. The molecule has 8 nitrogen and oxygen atoms in total. The summed E-state index contributed by atoms with van der Waals surface area (Å²) >= 11 is 6.08. The van der Waals surface area contributed by atoms with Crippen LogP contribution in [-0.2, 0) is 20.7 Å². The zero-order valence-corrected chi connectivity index (χ0v) is 22.3. The van der Waals surface area contributed by atoms with Gasteiger partial charge < -0.3 is 29.0 Å². The Morgan fingerprint density at radius 2 is 1.92 bits per heavy atom. The van der Waals surface area contributed by atoms with Gasteiger partial charge in [-0.05, 0) is 76.4 Å². The first-order chi connectivity index (χ1) is 16.8. The molecule has 0 saturated carbocycles. The van der Waals surface area contributed by atoms with Crippen molar-refractivity contribution in [2.75, 3.05) is 20.3 Å². The van der Waals surface area contributed by atoms with Crippen molar-refractivity contribution < 1.29 is 33.6 Å². The molecule has 36 heavy (non-hydrogen) atoms. The molecule has 0 aromatic heterocycles. The second-order valence-electron chi connectivity index (χ2n) is 10.2. The van der Waals surface area contributed by atoms with Crippen LogP contribution in [0.2, 0.25) is 5.02 Å². The molecule has 1 N–H and O–H groups in total. The molecule has 3 atom stereocenters. The fourth-order valence-corrected chi connectivity index (χ4v) is 4.09. The summed E-state index contributed by atoms with van der Waals surface area (Å²) in [4.78, 5) is 26.7. The van der Waals surface area contributed by atoms with Crippen molar-refractivity contribution in [2.45, 2.75) is 64.4 Å². The standard InChI is InChI=1S/C27H34ClNO7/c1-17(12-18-10-11-22-23(13-18)34-16-27(5,35-22)24(31)33-6)29(25(32)36-26(2,3)4)15-21(30)19-8-7-9-20(28)14-19/h7-11,13-14,17,21,30H,12,15-16H2,1-6H3/t17-,21+,27+/m1/s1. The third-order valence-corrected chi connectivity index (χ3v) is 5.99. The lowest BCUT2D eigenvalue weighted by Crippen LogP contribution is -2.49. The maximum Gasteiger partial charge on any atom is 0.410 e. The molecule has 0 saturated heterocycles. The third-order valence-electron chi connectivity index (χ3n) is 5.76. The van der Waals surface area contributed by atoms with Crippen LogP contribution in [0, 0.1) is 0 Å². The largest absolute Gasteiger partial charge is 0.485 e. The predicted molar refractivity (Wildman–Crippen MR) is 136 cm³/mol. The number of ether oxygens (including phenoxy) is 4. The van der Waals surface area contributed by atoms with Gasteiger partial charge in [0.15, 0.2) is 11.5 Å². The SMILES string of the molecule is COC(=O)[C@]1(C)COc2cc(C[C@@H](C)N(C[C@H](O)c3cccc(Cl)c3)C(=O)OC(C)(C)C)ccc2O1. The average molecular weight is 520 g/mol. The van der Waals surface area contributed by atoms with E-state index in [1.54, 1.807) is 58.0 Å². The Labute approximate surface area is 217 Å². The Balaban J connectivity index is 1.78. The van der Waals surface area contributed by atoms with Crippen molar-refractivity contribution in [2.24, 2.45) is 0 Å². The number of hydrogen-bond donors (Lipinski definition) is 1. The van der Waals surface area contributed by atoms with Crippen LogP contribution < -0.4 is 9.47 Å². The van der Waals surface area contributed by atoms with Crippen LogP contribution in [0.3, 0.4) is 0 Å². The lowest BCUT2D eigenvalue weighted by atomic mass is 10.0. The smallest absolute Gasteiger partial charge is 0.410 e. The van der Waals surface area contributed by atoms with E-state index in [-0.39, 0.29) is 19.2 Å². The summed E-state index contributed by atoms with van der Waals surface area (Å²) < 4.78 is 22.1. The number of nitrogens with zero attached hydrogens (tertiary/aromatic N) is 1. The van der Waals surface area contributed by atoms with Crippen molar-refractivity contribution in [1.82, 2.24) is 4.90 Å². The number of halogens is 1. The molecule has 0 radical (unpaired) electrons. The fourth-order valence-electron chi connectivity index (χ4n) is 3.89. The van der Waals surface area contributed by atoms with E-state index < -0.39 is 29.4 Å². The number of carbonyl (C=O) groups excluding carboxylic acids is 2. The van der Waals surface area contributed by atoms with Gasteiger partial charge in [-0.25, -0.2) is 9.59 Å². The van der Waals surface area contributed by atoms with Gasteiger partial charge in [-0.2, -0.15) is 0 Å². The van der Waals surface area contributed by atoms with Crippen molar-refractivity contribution >= 4 is 23.7 Å². The van der Waals surface area contributed by atoms with Gasteiger partial charge in [-0.1, -0.05) is 29.8 Å². The van der Waals surface area contributed by atoms with Gasteiger partial charge in [0.05, 0.1) is 19.8 Å². The van der Waals surface area contributed by atoms with Gasteiger partial charge in [0.2, 0.25) is 5.60 Å². The number of fused-ring (bicyclic) bond motifs is 1. The third kappa shape index (κ3) is 6.83. The number of rotatable bonds is 7. The molecule has 1 heterocycles. The normalized spacial score (nSPS) is 18.7. The number of benzene rings is 2. The minimum Gasteiger partial charge on any atom is -0.485 e. The van der Waals surface area contributed by atoms with Crippen LogP contribution in [0.1, 0.15) is 51.8 Å². The minimum atomic E-state index is -1.22. The maximum atomic E-state index is 13.1. The number of aliphatic hydroxyl groups excluding tert-OH is 1. The van der Waals surface area contributed by atoms with Crippen molar-refractivity contribution in [3.05, 3.63) is 58.6 Å². The molecular formula is C27H34ClNO7. The van der Waals surface area contributed by atoms with Gasteiger partial charge in [-0.3, -0.25) is 0 Å². The molecule has 0 unspecified atom stereocenters. The van der Waals surface area contributed by atoms with Gasteiger partial charge in [0, 0.05) is 11.1 Å². The molecular weight excluding hydrogens is 486 g/mol. The zero-order valence-electron chi connectivity index (χ0n) is 21.5. The Bertz CT molecular complexity index is 1100. The first-order valence-electron chi connectivity index (χ1n) is 11.8. The van der Waals surface area contributed by atoms with E-state index >= 15 is 0 Å². The van der Waals surface area contributed by atoms with E-state index in [2.05, 4.69) is 0 Å². The number of carbonyl (C=O) groups is 2. The van der Waals surface area contributed by atoms with Crippen LogP contribution in [0.5, 0.6) is 11.5 Å². The van der Waals surface area contributed by atoms with Crippen LogP contribution in [0.15, 0.2) is 42.5 Å². The van der Waals surface area contributed by atoms with Crippen LogP contribution in [0.4, 0.5) is 4.79 Å². The molecule has 2 aromatic rings. The number of esters is 1. The number of amides is 1. The van der Waals surface area contributed by atoms with E-state index in [0.29, 0.717) is 28.5 Å². The topological polar surface area (TPSA) is 94.5 Å². The van der Waals surface area contributed by atoms with Gasteiger partial charge >= 0.3 is 12.1 Å². The lowest BCUT2D eigenvalue weighted by molar-refractivity contribution is -0.162. The molecule has 0 spiro atoms. The van der Waals surface area contributed by atoms with E-state index in [1.807, 2.05) is 19.1 Å². The summed E-state index contributed by atoms with van der Waals surface area (Å²) in [5, 5.41) is 11.4. The molecule has 0 aliphatic carbocycles. The predicted octanol–water partition coefficient (Wildman–Crippen LogP) is 4.94. The van der Waals surface area contributed by atoms with E-state index in [0.717, 1.165) is 5.56 Å². The Kier molecular flexibility index (Phi) is 8.41. The number of methoxy groups -OCH3 is 1. The van der Waals surface area contributed by atoms with Gasteiger partial charge in [0.25, 0.3) is 0 Å². The molecule has 0 bridgehead atoms. The maximum absolute atomic E-state index is 13.1. The molecule has 0 fully saturated rings. The lowest BCUT2D eigenvalue weighted by Gasteiger charge is -2.34. The summed E-state index contributed by atoms with van der Waals surface area (Å²) in [5.74, 6) is 0.423. The van der Waals surface area contributed by atoms with E-state index in [9.17, 15) is 14.7 Å². The van der Waals surface area contributed by atoms with Gasteiger partial charge in [0.1, 0.15) is 12.2 Å². The molecule has 196 valence electrons. The summed E-state index contributed by atoms with van der Waals surface area (Å²) in [7, 11) is 1.30. The quantitative estimate of drug-likeness (QED) is 0.517. The first-order valence-corrected chi connectivity index (χ1v) is 12.2. The number of hydrogen-bond acceptors (Lipinski definition) is 7. The highest BCUT2D eigenvalue weighted by molar-refractivity contribution is 6.30. The molecule has 1 aliphatic rings. The summed E-state index contributed by atoms with van der Waals surface area (Å²) in [5.41, 5.74) is -0.423.